The molecule has 0 aliphatic carbocycles. The summed E-state index contributed by atoms with van der Waals surface area (Å²) in [4.78, 5) is 15.0. The number of likely N-dealkylation sites (tertiary alicyclic amines) is 1. The van der Waals surface area contributed by atoms with Crippen LogP contribution >= 0.6 is 23.1 Å². The number of benzene rings is 1. The van der Waals surface area contributed by atoms with Gasteiger partial charge in [0.25, 0.3) is 5.91 Å². The van der Waals surface area contributed by atoms with Crippen LogP contribution in [0.4, 0.5) is 0 Å². The Bertz CT molecular complexity index is 961. The molecular weight excluding hydrogens is 394 g/mol. The highest BCUT2D eigenvalue weighted by Crippen LogP contribution is 2.18. The van der Waals surface area contributed by atoms with Gasteiger partial charge in [0.05, 0.1) is 23.3 Å². The van der Waals surface area contributed by atoms with E-state index in [0.29, 0.717) is 10.7 Å². The zero-order valence-corrected chi connectivity index (χ0v) is 16.8. The molecule has 8 heteroatoms. The van der Waals surface area contributed by atoms with E-state index in [1.165, 1.54) is 15.8 Å². The first kappa shape index (κ1) is 18.7. The summed E-state index contributed by atoms with van der Waals surface area (Å²) in [5, 5.41) is 14.6. The van der Waals surface area contributed by atoms with E-state index in [0.717, 1.165) is 42.7 Å². The molecule has 0 saturated carbocycles. The second-order valence-corrected chi connectivity index (χ2v) is 8.04. The number of nitrogens with zero attached hydrogens (tertiary/aromatic N) is 4. The maximum absolute atomic E-state index is 12.3. The number of amidine groups is 1. The van der Waals surface area contributed by atoms with Crippen molar-refractivity contribution in [2.45, 2.75) is 19.4 Å². The smallest absolute Gasteiger partial charge is 0.278 e. The third-order valence-electron chi connectivity index (χ3n) is 4.74. The van der Waals surface area contributed by atoms with Gasteiger partial charge in [-0.15, -0.1) is 11.3 Å². The van der Waals surface area contributed by atoms with Gasteiger partial charge in [-0.25, -0.2) is 9.10 Å². The van der Waals surface area contributed by atoms with Gasteiger partial charge in [0.1, 0.15) is 5.84 Å². The number of hydrogen-bond donors (Lipinski definition) is 1. The molecule has 1 fully saturated rings. The predicted octanol–water partition coefficient (Wildman–Crippen LogP) is 4.15. The molecule has 0 bridgehead atoms. The Hall–Kier alpha value is -2.64. The second kappa shape index (κ2) is 8.16. The van der Waals surface area contributed by atoms with Gasteiger partial charge < -0.3 is 4.90 Å². The molecule has 0 radical (unpaired) electrons. The van der Waals surface area contributed by atoms with Crippen molar-refractivity contribution in [2.24, 2.45) is 0 Å². The minimum atomic E-state index is -0.214. The van der Waals surface area contributed by atoms with E-state index in [-0.39, 0.29) is 12.5 Å². The molecule has 1 N–H and O–H groups in total. The van der Waals surface area contributed by atoms with Crippen molar-refractivity contribution in [1.29, 1.82) is 5.41 Å². The zero-order chi connectivity index (χ0) is 19.5. The number of carbonyl (C=O) groups excluding carboxylic acids is 1. The molecule has 3 heterocycles. The number of amides is 1. The first-order chi connectivity index (χ1) is 13.6. The van der Waals surface area contributed by atoms with Gasteiger partial charge in [-0.3, -0.25) is 10.2 Å². The van der Waals surface area contributed by atoms with Crippen LogP contribution in [-0.4, -0.2) is 43.9 Å². The summed E-state index contributed by atoms with van der Waals surface area (Å²) < 4.78 is 2.92. The Morgan fingerprint density at radius 2 is 1.96 bits per heavy atom. The monoisotopic (exact) mass is 413 g/mol. The van der Waals surface area contributed by atoms with Crippen LogP contribution in [0.3, 0.4) is 0 Å². The standard InChI is InChI=1S/C20H20ClN5OS/c21-25(20(27)18-4-3-11-28-18)13-15-12-23-26(14-15)17-7-5-16(6-8-17)19(22)24-9-1-2-10-24/h3-8,11-12,14,22H,1-2,9-10,13H2. The van der Waals surface area contributed by atoms with Crippen LogP contribution in [0.25, 0.3) is 5.69 Å². The Kier molecular flexibility index (Phi) is 5.45. The predicted molar refractivity (Wildman–Crippen MR) is 111 cm³/mol. The lowest BCUT2D eigenvalue weighted by molar-refractivity contribution is 0.0861. The number of hydrogen-bond acceptors (Lipinski definition) is 4. The van der Waals surface area contributed by atoms with Crippen molar-refractivity contribution in [3.05, 3.63) is 70.2 Å². The Morgan fingerprint density at radius 1 is 1.21 bits per heavy atom. The first-order valence-electron chi connectivity index (χ1n) is 9.11. The average Bonchev–Trinajstić information content (AvgIpc) is 3.49. The van der Waals surface area contributed by atoms with Crippen LogP contribution in [0.5, 0.6) is 0 Å². The number of nitrogens with one attached hydrogen (secondary N) is 1. The van der Waals surface area contributed by atoms with Crippen molar-refractivity contribution >= 4 is 34.9 Å². The first-order valence-corrected chi connectivity index (χ1v) is 10.3. The highest BCUT2D eigenvalue weighted by molar-refractivity contribution is 7.12. The molecule has 0 unspecified atom stereocenters. The lowest BCUT2D eigenvalue weighted by atomic mass is 10.1. The van der Waals surface area contributed by atoms with Crippen molar-refractivity contribution in [2.75, 3.05) is 13.1 Å². The molecule has 2 aromatic heterocycles. The van der Waals surface area contributed by atoms with Crippen LogP contribution < -0.4 is 0 Å². The SMILES string of the molecule is N=C(c1ccc(-n2cc(CN(Cl)C(=O)c3cccs3)cn2)cc1)N1CCCC1. The largest absolute Gasteiger partial charge is 0.357 e. The van der Waals surface area contributed by atoms with E-state index in [2.05, 4.69) is 10.00 Å². The molecule has 1 aliphatic heterocycles. The summed E-state index contributed by atoms with van der Waals surface area (Å²) in [7, 11) is 0. The van der Waals surface area contributed by atoms with E-state index in [1.54, 1.807) is 16.9 Å². The van der Waals surface area contributed by atoms with E-state index in [4.69, 9.17) is 17.2 Å². The molecule has 0 spiro atoms. The van der Waals surface area contributed by atoms with Gasteiger partial charge in [-0.05, 0) is 48.6 Å². The maximum atomic E-state index is 12.3. The molecule has 1 saturated heterocycles. The zero-order valence-electron chi connectivity index (χ0n) is 15.2. The summed E-state index contributed by atoms with van der Waals surface area (Å²) >= 11 is 7.52. The fourth-order valence-electron chi connectivity index (χ4n) is 3.23. The van der Waals surface area contributed by atoms with Gasteiger partial charge >= 0.3 is 0 Å². The highest BCUT2D eigenvalue weighted by atomic mass is 35.5. The van der Waals surface area contributed by atoms with E-state index in [9.17, 15) is 4.79 Å². The minimum absolute atomic E-state index is 0.214. The lowest BCUT2D eigenvalue weighted by Crippen LogP contribution is -2.27. The van der Waals surface area contributed by atoms with E-state index in [1.807, 2.05) is 41.9 Å². The lowest BCUT2D eigenvalue weighted by Gasteiger charge is -2.18. The highest BCUT2D eigenvalue weighted by Gasteiger charge is 2.17. The minimum Gasteiger partial charge on any atom is -0.357 e. The number of halogens is 1. The van der Waals surface area contributed by atoms with Crippen molar-refractivity contribution in [3.63, 3.8) is 0 Å². The van der Waals surface area contributed by atoms with E-state index < -0.39 is 0 Å². The topological polar surface area (TPSA) is 65.2 Å². The van der Waals surface area contributed by atoms with Gasteiger partial charge in [0.2, 0.25) is 0 Å². The van der Waals surface area contributed by atoms with Crippen LogP contribution in [-0.2, 0) is 6.54 Å². The fraction of sp³-hybridized carbons (Fsp3) is 0.250. The molecule has 1 aromatic carbocycles. The number of carbonyl (C=O) groups is 1. The molecule has 1 amide bonds. The third kappa shape index (κ3) is 3.95. The summed E-state index contributed by atoms with van der Waals surface area (Å²) in [5.74, 6) is 0.365. The fourth-order valence-corrected chi connectivity index (χ4v) is 4.18. The molecule has 28 heavy (non-hydrogen) atoms. The summed E-state index contributed by atoms with van der Waals surface area (Å²) in [6.45, 7) is 2.19. The Balaban J connectivity index is 1.42. The van der Waals surface area contributed by atoms with Crippen LogP contribution in [0.1, 0.15) is 33.6 Å². The summed E-state index contributed by atoms with van der Waals surface area (Å²) in [6.07, 6.45) is 5.88. The molecule has 4 rings (SSSR count). The Morgan fingerprint density at radius 3 is 2.64 bits per heavy atom. The van der Waals surface area contributed by atoms with Gasteiger partial charge in [0.15, 0.2) is 0 Å². The maximum Gasteiger partial charge on any atom is 0.278 e. The Labute approximate surface area is 172 Å². The molecule has 6 nitrogen and oxygen atoms in total. The van der Waals surface area contributed by atoms with Crippen molar-refractivity contribution in [1.82, 2.24) is 19.1 Å². The number of rotatable bonds is 5. The molecular formula is C20H20ClN5OS. The molecule has 3 aromatic rings. The molecule has 1 aliphatic rings. The molecule has 0 atom stereocenters. The van der Waals surface area contributed by atoms with Crippen LogP contribution in [0, 0.1) is 5.41 Å². The van der Waals surface area contributed by atoms with Crippen molar-refractivity contribution < 1.29 is 4.79 Å². The number of aromatic nitrogens is 2. The summed E-state index contributed by atoms with van der Waals surface area (Å²) in [5.41, 5.74) is 2.65. The quantitative estimate of drug-likeness (QED) is 0.388. The van der Waals surface area contributed by atoms with Gasteiger partial charge in [-0.1, -0.05) is 6.07 Å². The normalized spacial score (nSPS) is 13.7. The second-order valence-electron chi connectivity index (χ2n) is 6.69. The van der Waals surface area contributed by atoms with Crippen LogP contribution in [0.2, 0.25) is 0 Å². The average molecular weight is 414 g/mol. The van der Waals surface area contributed by atoms with Crippen molar-refractivity contribution in [3.8, 4) is 5.69 Å². The summed E-state index contributed by atoms with van der Waals surface area (Å²) in [6, 6.07) is 11.4. The third-order valence-corrected chi connectivity index (χ3v) is 5.87. The number of thiophene rings is 1. The van der Waals surface area contributed by atoms with Gasteiger partial charge in [0, 0.05) is 42.2 Å². The van der Waals surface area contributed by atoms with Gasteiger partial charge in [-0.2, -0.15) is 5.10 Å². The molecule has 144 valence electrons. The van der Waals surface area contributed by atoms with E-state index >= 15 is 0 Å². The van der Waals surface area contributed by atoms with Crippen LogP contribution in [0.15, 0.2) is 54.2 Å².